The summed E-state index contributed by atoms with van der Waals surface area (Å²) in [6, 6.07) is 10.5. The molecule has 0 fully saturated rings. The van der Waals surface area contributed by atoms with Crippen molar-refractivity contribution in [3.8, 4) is 0 Å². The number of esters is 1. The molecule has 148 valence electrons. The Bertz CT molecular complexity index is 880. The molecule has 28 heavy (non-hydrogen) atoms. The molecule has 0 unspecified atom stereocenters. The van der Waals surface area contributed by atoms with Gasteiger partial charge < -0.3 is 15.4 Å². The highest BCUT2D eigenvalue weighted by Crippen LogP contribution is 2.29. The van der Waals surface area contributed by atoms with E-state index in [9.17, 15) is 14.4 Å². The number of anilines is 2. The standard InChI is InChI=1S/C20H20Cl2N2O4/c1-12-5-3-6-13(2)20(12)24-17(26)11-28-18(27)10-9-16(25)23-15-8-4-7-14(21)19(15)22/h3-8H,9-11H2,1-2H3,(H,23,25)(H,24,26). The van der Waals surface area contributed by atoms with E-state index in [4.69, 9.17) is 27.9 Å². The van der Waals surface area contributed by atoms with Crippen LogP contribution in [0.5, 0.6) is 0 Å². The van der Waals surface area contributed by atoms with Gasteiger partial charge in [0.2, 0.25) is 5.91 Å². The van der Waals surface area contributed by atoms with Crippen LogP contribution in [0.4, 0.5) is 11.4 Å². The lowest BCUT2D eigenvalue weighted by Crippen LogP contribution is -2.22. The van der Waals surface area contributed by atoms with Crippen molar-refractivity contribution in [3.05, 3.63) is 57.6 Å². The number of carbonyl (C=O) groups excluding carboxylic acids is 3. The maximum Gasteiger partial charge on any atom is 0.306 e. The number of rotatable bonds is 7. The Morgan fingerprint density at radius 1 is 0.893 bits per heavy atom. The molecule has 0 aliphatic heterocycles. The first kappa shape index (κ1) is 21.7. The second-order valence-corrected chi connectivity index (χ2v) is 6.91. The number of hydrogen-bond acceptors (Lipinski definition) is 4. The molecule has 2 aromatic carbocycles. The Morgan fingerprint density at radius 2 is 1.54 bits per heavy atom. The molecule has 8 heteroatoms. The van der Waals surface area contributed by atoms with Crippen LogP contribution in [0, 0.1) is 13.8 Å². The molecular formula is C20H20Cl2N2O4. The molecule has 2 N–H and O–H groups in total. The van der Waals surface area contributed by atoms with Gasteiger partial charge in [-0.2, -0.15) is 0 Å². The lowest BCUT2D eigenvalue weighted by Gasteiger charge is -2.11. The maximum atomic E-state index is 12.0. The average Bonchev–Trinajstić information content (AvgIpc) is 2.65. The van der Waals surface area contributed by atoms with Crippen LogP contribution in [-0.4, -0.2) is 24.4 Å². The summed E-state index contributed by atoms with van der Waals surface area (Å²) >= 11 is 11.9. The predicted octanol–water partition coefficient (Wildman–Crippen LogP) is 4.51. The summed E-state index contributed by atoms with van der Waals surface area (Å²) in [5.41, 5.74) is 2.88. The first-order chi connectivity index (χ1) is 13.3. The molecule has 0 radical (unpaired) electrons. The second kappa shape index (κ2) is 10.1. The van der Waals surface area contributed by atoms with Crippen molar-refractivity contribution in [3.63, 3.8) is 0 Å². The van der Waals surface area contributed by atoms with Gasteiger partial charge in [-0.15, -0.1) is 0 Å². The number of ether oxygens (including phenoxy) is 1. The van der Waals surface area contributed by atoms with Crippen LogP contribution >= 0.6 is 23.2 Å². The zero-order chi connectivity index (χ0) is 20.7. The number of carbonyl (C=O) groups is 3. The average molecular weight is 423 g/mol. The summed E-state index contributed by atoms with van der Waals surface area (Å²) in [6.45, 7) is 3.33. The smallest absolute Gasteiger partial charge is 0.306 e. The number of para-hydroxylation sites is 1. The molecule has 0 aromatic heterocycles. The van der Waals surface area contributed by atoms with Gasteiger partial charge in [-0.3, -0.25) is 14.4 Å². The van der Waals surface area contributed by atoms with Crippen molar-refractivity contribution in [1.29, 1.82) is 0 Å². The van der Waals surface area contributed by atoms with Gasteiger partial charge in [0.05, 0.1) is 22.2 Å². The second-order valence-electron chi connectivity index (χ2n) is 6.13. The fraction of sp³-hybridized carbons (Fsp3) is 0.250. The molecule has 6 nitrogen and oxygen atoms in total. The molecule has 0 spiro atoms. The highest BCUT2D eigenvalue weighted by molar-refractivity contribution is 6.44. The molecule has 0 bridgehead atoms. The highest BCUT2D eigenvalue weighted by Gasteiger charge is 2.13. The minimum Gasteiger partial charge on any atom is -0.456 e. The Kier molecular flexibility index (Phi) is 7.84. The summed E-state index contributed by atoms with van der Waals surface area (Å²) in [5, 5.41) is 5.83. The third kappa shape index (κ3) is 6.25. The van der Waals surface area contributed by atoms with Gasteiger partial charge in [0.15, 0.2) is 6.61 Å². The van der Waals surface area contributed by atoms with Crippen molar-refractivity contribution in [2.24, 2.45) is 0 Å². The lowest BCUT2D eigenvalue weighted by atomic mass is 10.1. The van der Waals surface area contributed by atoms with E-state index in [0.717, 1.165) is 11.1 Å². The van der Waals surface area contributed by atoms with E-state index in [1.165, 1.54) is 0 Å². The molecule has 0 saturated heterocycles. The Labute approximate surface area is 173 Å². The zero-order valence-corrected chi connectivity index (χ0v) is 17.0. The number of halogens is 2. The van der Waals surface area contributed by atoms with Crippen LogP contribution in [0.15, 0.2) is 36.4 Å². The van der Waals surface area contributed by atoms with Crippen LogP contribution in [0.3, 0.4) is 0 Å². The van der Waals surface area contributed by atoms with Crippen molar-refractivity contribution < 1.29 is 19.1 Å². The third-order valence-electron chi connectivity index (χ3n) is 3.89. The van der Waals surface area contributed by atoms with E-state index in [1.807, 2.05) is 32.0 Å². The summed E-state index contributed by atoms with van der Waals surface area (Å²) in [4.78, 5) is 35.7. The molecule has 0 atom stereocenters. The number of amides is 2. The monoisotopic (exact) mass is 422 g/mol. The number of hydrogen-bond donors (Lipinski definition) is 2. The van der Waals surface area contributed by atoms with Gasteiger partial charge in [-0.1, -0.05) is 47.5 Å². The van der Waals surface area contributed by atoms with Gasteiger partial charge in [-0.25, -0.2) is 0 Å². The molecule has 0 aliphatic carbocycles. The van der Waals surface area contributed by atoms with Crippen LogP contribution in [0.1, 0.15) is 24.0 Å². The molecule has 0 aliphatic rings. The minimum absolute atomic E-state index is 0.111. The molecule has 2 rings (SSSR count). The predicted molar refractivity (Wildman–Crippen MR) is 110 cm³/mol. The van der Waals surface area contributed by atoms with Crippen molar-refractivity contribution in [2.75, 3.05) is 17.2 Å². The topological polar surface area (TPSA) is 84.5 Å². The first-order valence-electron chi connectivity index (χ1n) is 8.53. The van der Waals surface area contributed by atoms with E-state index in [0.29, 0.717) is 16.4 Å². The number of nitrogens with one attached hydrogen (secondary N) is 2. The highest BCUT2D eigenvalue weighted by atomic mass is 35.5. The maximum absolute atomic E-state index is 12.0. The summed E-state index contributed by atoms with van der Waals surface area (Å²) in [5.74, 6) is -1.51. The van der Waals surface area contributed by atoms with Crippen LogP contribution in [0.2, 0.25) is 10.0 Å². The van der Waals surface area contributed by atoms with Crippen LogP contribution in [-0.2, 0) is 19.1 Å². The fourth-order valence-electron chi connectivity index (χ4n) is 2.43. The summed E-state index contributed by atoms with van der Waals surface area (Å²) < 4.78 is 4.92. The van der Waals surface area contributed by atoms with Crippen LogP contribution < -0.4 is 10.6 Å². The lowest BCUT2D eigenvalue weighted by molar-refractivity contribution is -0.147. The van der Waals surface area contributed by atoms with Crippen LogP contribution in [0.25, 0.3) is 0 Å². The van der Waals surface area contributed by atoms with E-state index >= 15 is 0 Å². The molecule has 0 heterocycles. The van der Waals surface area contributed by atoms with E-state index in [-0.39, 0.29) is 17.9 Å². The Balaban J connectivity index is 1.75. The first-order valence-corrected chi connectivity index (χ1v) is 9.29. The summed E-state index contributed by atoms with van der Waals surface area (Å²) in [7, 11) is 0. The van der Waals surface area contributed by atoms with Gasteiger partial charge in [0, 0.05) is 12.1 Å². The van der Waals surface area contributed by atoms with Crippen molar-refractivity contribution in [1.82, 2.24) is 0 Å². The van der Waals surface area contributed by atoms with Crippen molar-refractivity contribution >= 4 is 52.4 Å². The Hall–Kier alpha value is -2.57. The number of benzene rings is 2. The fourth-order valence-corrected chi connectivity index (χ4v) is 2.78. The normalized spacial score (nSPS) is 10.3. The van der Waals surface area contributed by atoms with Crippen molar-refractivity contribution in [2.45, 2.75) is 26.7 Å². The summed E-state index contributed by atoms with van der Waals surface area (Å²) in [6.07, 6.45) is -0.277. The minimum atomic E-state index is -0.649. The number of aryl methyl sites for hydroxylation is 2. The van der Waals surface area contributed by atoms with Gasteiger partial charge in [0.1, 0.15) is 0 Å². The molecule has 2 amide bonds. The zero-order valence-electron chi connectivity index (χ0n) is 15.5. The SMILES string of the molecule is Cc1cccc(C)c1NC(=O)COC(=O)CCC(=O)Nc1cccc(Cl)c1Cl. The Morgan fingerprint density at radius 3 is 2.21 bits per heavy atom. The molecular weight excluding hydrogens is 403 g/mol. The molecule has 0 saturated carbocycles. The van der Waals surface area contributed by atoms with Gasteiger partial charge in [-0.05, 0) is 37.1 Å². The largest absolute Gasteiger partial charge is 0.456 e. The van der Waals surface area contributed by atoms with E-state index < -0.39 is 24.4 Å². The quantitative estimate of drug-likeness (QED) is 0.642. The van der Waals surface area contributed by atoms with Gasteiger partial charge >= 0.3 is 5.97 Å². The van der Waals surface area contributed by atoms with E-state index in [2.05, 4.69) is 10.6 Å². The van der Waals surface area contributed by atoms with Gasteiger partial charge in [0.25, 0.3) is 5.91 Å². The van der Waals surface area contributed by atoms with E-state index in [1.54, 1.807) is 18.2 Å². The third-order valence-corrected chi connectivity index (χ3v) is 4.71. The molecule has 2 aromatic rings.